The lowest BCUT2D eigenvalue weighted by Crippen LogP contribution is -2.42. The number of hydrogen-bond donors (Lipinski definition) is 2. The normalized spacial score (nSPS) is 13.2. The van der Waals surface area contributed by atoms with Gasteiger partial charge in [-0.15, -0.1) is 0 Å². The van der Waals surface area contributed by atoms with E-state index >= 15 is 0 Å². The summed E-state index contributed by atoms with van der Waals surface area (Å²) in [6.45, 7) is 6.38. The van der Waals surface area contributed by atoms with Gasteiger partial charge in [0, 0.05) is 6.54 Å². The van der Waals surface area contributed by atoms with Gasteiger partial charge in [-0.1, -0.05) is 20.3 Å². The van der Waals surface area contributed by atoms with Crippen LogP contribution in [-0.4, -0.2) is 41.7 Å². The van der Waals surface area contributed by atoms with Crippen molar-refractivity contribution >= 4 is 5.97 Å². The molecule has 0 saturated carbocycles. The van der Waals surface area contributed by atoms with Crippen LogP contribution >= 0.6 is 0 Å². The van der Waals surface area contributed by atoms with E-state index in [1.54, 1.807) is 0 Å². The number of hydrogen-bond acceptors (Lipinski definition) is 3. The third-order valence-electron chi connectivity index (χ3n) is 2.05. The zero-order valence-electron chi connectivity index (χ0n) is 8.49. The molecule has 0 heterocycles. The molecule has 0 aromatic rings. The van der Waals surface area contributed by atoms with Crippen molar-refractivity contribution in [3.63, 3.8) is 0 Å². The molecule has 0 saturated heterocycles. The van der Waals surface area contributed by atoms with Gasteiger partial charge < -0.3 is 15.7 Å². The van der Waals surface area contributed by atoms with Crippen molar-refractivity contribution in [1.29, 1.82) is 0 Å². The highest BCUT2D eigenvalue weighted by Crippen LogP contribution is 1.95. The molecule has 0 aliphatic rings. The summed E-state index contributed by atoms with van der Waals surface area (Å²) in [5, 5.41) is 8.60. The number of unbranched alkanes of at least 4 members (excludes halogenated alkanes) is 1. The van der Waals surface area contributed by atoms with Crippen molar-refractivity contribution in [2.24, 2.45) is 5.73 Å². The molecule has 0 aliphatic heterocycles. The van der Waals surface area contributed by atoms with Crippen LogP contribution in [0.3, 0.4) is 0 Å². The van der Waals surface area contributed by atoms with Gasteiger partial charge in [0.05, 0.1) is 0 Å². The number of rotatable bonds is 7. The van der Waals surface area contributed by atoms with E-state index in [1.165, 1.54) is 0 Å². The van der Waals surface area contributed by atoms with Gasteiger partial charge in [-0.05, 0) is 19.5 Å². The largest absolute Gasteiger partial charge is 0.480 e. The van der Waals surface area contributed by atoms with Crippen molar-refractivity contribution in [3.8, 4) is 0 Å². The summed E-state index contributed by atoms with van der Waals surface area (Å²) >= 11 is 0. The maximum Gasteiger partial charge on any atom is 0.321 e. The van der Waals surface area contributed by atoms with Crippen LogP contribution < -0.4 is 5.73 Å². The predicted octanol–water partition coefficient (Wildman–Crippen LogP) is 0.520. The third kappa shape index (κ3) is 5.60. The van der Waals surface area contributed by atoms with E-state index in [0.717, 1.165) is 25.9 Å². The van der Waals surface area contributed by atoms with Gasteiger partial charge in [-0.2, -0.15) is 0 Å². The first-order valence-electron chi connectivity index (χ1n) is 4.82. The van der Waals surface area contributed by atoms with E-state index in [-0.39, 0.29) is 0 Å². The Hall–Kier alpha value is -0.610. The lowest BCUT2D eigenvalue weighted by Gasteiger charge is -2.21. The summed E-state index contributed by atoms with van der Waals surface area (Å²) in [5.74, 6) is -0.921. The molecular formula is C9H20N2O2. The fourth-order valence-electron chi connectivity index (χ4n) is 1.12. The highest BCUT2D eigenvalue weighted by molar-refractivity contribution is 5.73. The fraction of sp³-hybridized carbons (Fsp3) is 0.889. The second kappa shape index (κ2) is 6.86. The second-order valence-electron chi connectivity index (χ2n) is 3.19. The van der Waals surface area contributed by atoms with Crippen LogP contribution in [0, 0.1) is 0 Å². The molecule has 13 heavy (non-hydrogen) atoms. The minimum Gasteiger partial charge on any atom is -0.480 e. The van der Waals surface area contributed by atoms with Gasteiger partial charge in [0.1, 0.15) is 6.04 Å². The van der Waals surface area contributed by atoms with Crippen LogP contribution in [-0.2, 0) is 4.79 Å². The van der Waals surface area contributed by atoms with E-state index in [2.05, 4.69) is 11.8 Å². The highest BCUT2D eigenvalue weighted by atomic mass is 16.4. The molecule has 1 unspecified atom stereocenters. The number of likely N-dealkylation sites (N-methyl/N-ethyl adjacent to an activating group) is 1. The Labute approximate surface area is 79.7 Å². The molecule has 4 heteroatoms. The van der Waals surface area contributed by atoms with Crippen LogP contribution in [0.5, 0.6) is 0 Å². The Balaban J connectivity index is 3.75. The first-order valence-corrected chi connectivity index (χ1v) is 4.82. The highest BCUT2D eigenvalue weighted by Gasteiger charge is 2.14. The molecule has 0 radical (unpaired) electrons. The van der Waals surface area contributed by atoms with E-state index in [4.69, 9.17) is 10.8 Å². The number of carbonyl (C=O) groups is 1. The average Bonchev–Trinajstić information content (AvgIpc) is 2.11. The van der Waals surface area contributed by atoms with E-state index < -0.39 is 12.0 Å². The Morgan fingerprint density at radius 3 is 2.54 bits per heavy atom. The molecular weight excluding hydrogens is 168 g/mol. The molecule has 0 rings (SSSR count). The lowest BCUT2D eigenvalue weighted by molar-refractivity contribution is -0.139. The van der Waals surface area contributed by atoms with Gasteiger partial charge in [0.15, 0.2) is 0 Å². The Bertz CT molecular complexity index is 151. The van der Waals surface area contributed by atoms with Crippen molar-refractivity contribution < 1.29 is 9.90 Å². The molecule has 0 fully saturated rings. The molecule has 0 aliphatic carbocycles. The molecule has 4 nitrogen and oxygen atoms in total. The molecule has 0 aromatic carbocycles. The summed E-state index contributed by atoms with van der Waals surface area (Å²) in [6.07, 6.45) is 2.22. The standard InChI is InChI=1S/C9H20N2O2/c1-3-5-6-11(4-2)7-8(10)9(12)13/h8H,3-7,10H2,1-2H3,(H,12,13). The predicted molar refractivity (Wildman–Crippen MR) is 52.6 cm³/mol. The summed E-state index contributed by atoms with van der Waals surface area (Å²) in [7, 11) is 0. The molecule has 0 aromatic heterocycles. The van der Waals surface area contributed by atoms with Crippen LogP contribution in [0.25, 0.3) is 0 Å². The van der Waals surface area contributed by atoms with E-state index in [1.807, 2.05) is 6.92 Å². The van der Waals surface area contributed by atoms with Gasteiger partial charge >= 0.3 is 5.97 Å². The zero-order chi connectivity index (χ0) is 10.3. The van der Waals surface area contributed by atoms with Gasteiger partial charge in [-0.3, -0.25) is 4.79 Å². The summed E-state index contributed by atoms with van der Waals surface area (Å²) in [6, 6.07) is -0.753. The van der Waals surface area contributed by atoms with Crippen LogP contribution in [0.1, 0.15) is 26.7 Å². The van der Waals surface area contributed by atoms with Crippen LogP contribution in [0.15, 0.2) is 0 Å². The summed E-state index contributed by atoms with van der Waals surface area (Å²) in [5.41, 5.74) is 5.42. The van der Waals surface area contributed by atoms with Crippen molar-refractivity contribution in [2.45, 2.75) is 32.7 Å². The monoisotopic (exact) mass is 188 g/mol. The second-order valence-corrected chi connectivity index (χ2v) is 3.19. The summed E-state index contributed by atoms with van der Waals surface area (Å²) in [4.78, 5) is 12.5. The van der Waals surface area contributed by atoms with Gasteiger partial charge in [-0.25, -0.2) is 0 Å². The molecule has 78 valence electrons. The third-order valence-corrected chi connectivity index (χ3v) is 2.05. The Kier molecular flexibility index (Phi) is 6.54. The maximum atomic E-state index is 10.5. The minimum atomic E-state index is -0.921. The maximum absolute atomic E-state index is 10.5. The summed E-state index contributed by atoms with van der Waals surface area (Å²) < 4.78 is 0. The van der Waals surface area contributed by atoms with E-state index in [9.17, 15) is 4.79 Å². The molecule has 0 bridgehead atoms. The number of aliphatic carboxylic acids is 1. The molecule has 1 atom stereocenters. The van der Waals surface area contributed by atoms with Crippen molar-refractivity contribution in [2.75, 3.05) is 19.6 Å². The molecule has 0 amide bonds. The Morgan fingerprint density at radius 1 is 1.54 bits per heavy atom. The van der Waals surface area contributed by atoms with Crippen LogP contribution in [0.4, 0.5) is 0 Å². The minimum absolute atomic E-state index is 0.450. The fourth-order valence-corrected chi connectivity index (χ4v) is 1.12. The lowest BCUT2D eigenvalue weighted by atomic mass is 10.2. The SMILES string of the molecule is CCCCN(CC)CC(N)C(=O)O. The number of carboxylic acids is 1. The van der Waals surface area contributed by atoms with Crippen molar-refractivity contribution in [3.05, 3.63) is 0 Å². The Morgan fingerprint density at radius 2 is 2.15 bits per heavy atom. The topological polar surface area (TPSA) is 66.6 Å². The van der Waals surface area contributed by atoms with Crippen molar-refractivity contribution in [1.82, 2.24) is 4.90 Å². The molecule has 0 spiro atoms. The van der Waals surface area contributed by atoms with Crippen LogP contribution in [0.2, 0.25) is 0 Å². The first kappa shape index (κ1) is 12.4. The quantitative estimate of drug-likeness (QED) is 0.611. The van der Waals surface area contributed by atoms with E-state index in [0.29, 0.717) is 6.54 Å². The number of carboxylic acid groups (broad SMARTS) is 1. The molecule has 3 N–H and O–H groups in total. The smallest absolute Gasteiger partial charge is 0.321 e. The number of nitrogens with zero attached hydrogens (tertiary/aromatic N) is 1. The average molecular weight is 188 g/mol. The number of nitrogens with two attached hydrogens (primary N) is 1. The van der Waals surface area contributed by atoms with Gasteiger partial charge in [0.2, 0.25) is 0 Å². The van der Waals surface area contributed by atoms with Gasteiger partial charge in [0.25, 0.3) is 0 Å². The zero-order valence-corrected chi connectivity index (χ0v) is 8.49. The first-order chi connectivity index (χ1) is 6.11.